The van der Waals surface area contributed by atoms with E-state index in [9.17, 15) is 14.4 Å². The summed E-state index contributed by atoms with van der Waals surface area (Å²) in [7, 11) is 1.33. The lowest BCUT2D eigenvalue weighted by atomic mass is 10.3. The highest BCUT2D eigenvalue weighted by molar-refractivity contribution is 5.93. The lowest BCUT2D eigenvalue weighted by Crippen LogP contribution is -2.07. The Balaban J connectivity index is -0.000000365. The van der Waals surface area contributed by atoms with E-state index in [0.717, 1.165) is 25.0 Å². The number of aldehydes is 1. The highest BCUT2D eigenvalue weighted by atomic mass is 16.5. The first kappa shape index (κ1) is 26.9. The van der Waals surface area contributed by atoms with Crippen LogP contribution < -0.4 is 0 Å². The van der Waals surface area contributed by atoms with E-state index < -0.39 is 11.9 Å². The molecule has 0 saturated heterocycles. The predicted octanol–water partition coefficient (Wildman–Crippen LogP) is 2.63. The van der Waals surface area contributed by atoms with Crippen LogP contribution in [0.2, 0.25) is 0 Å². The van der Waals surface area contributed by atoms with E-state index in [1.807, 2.05) is 6.92 Å². The van der Waals surface area contributed by atoms with E-state index in [4.69, 9.17) is 14.6 Å². The van der Waals surface area contributed by atoms with Gasteiger partial charge in [-0.3, -0.25) is 4.79 Å². The minimum Gasteiger partial charge on any atom is -0.478 e. The number of allylic oxidation sites excluding steroid dienone is 1. The summed E-state index contributed by atoms with van der Waals surface area (Å²) in [5, 5.41) is 8.28. The van der Waals surface area contributed by atoms with Crippen LogP contribution >= 0.6 is 0 Å². The van der Waals surface area contributed by atoms with E-state index in [0.29, 0.717) is 18.5 Å². The van der Waals surface area contributed by atoms with Gasteiger partial charge in [-0.2, -0.15) is 0 Å². The molecule has 0 spiro atoms. The molecule has 0 heterocycles. The molecule has 0 fully saturated rings. The Morgan fingerprint density at radius 2 is 1.64 bits per heavy atom. The van der Waals surface area contributed by atoms with Crippen LogP contribution in [0.5, 0.6) is 0 Å². The van der Waals surface area contributed by atoms with Crippen LogP contribution in [-0.4, -0.2) is 43.0 Å². The Hall–Kier alpha value is -2.96. The van der Waals surface area contributed by atoms with Crippen molar-refractivity contribution in [2.75, 3.05) is 13.7 Å². The monoisotopic (exact) mass is 354 g/mol. The number of carbonyl (C=O) groups excluding carboxylic acids is 3. The van der Waals surface area contributed by atoms with E-state index in [-0.39, 0.29) is 11.5 Å². The van der Waals surface area contributed by atoms with Crippen LogP contribution in [0.4, 0.5) is 0 Å². The second-order valence-electron chi connectivity index (χ2n) is 4.33. The van der Waals surface area contributed by atoms with Gasteiger partial charge in [0.05, 0.1) is 19.3 Å². The highest BCUT2D eigenvalue weighted by Crippen LogP contribution is 1.98. The normalized spacial score (nSPS) is 8.60. The third kappa shape index (κ3) is 23.4. The fourth-order valence-electron chi connectivity index (χ4n) is 0.816. The SMILES string of the molecule is C=C(C)C(=O)OC.C=C(C=CC(=O)O)C(=O)OCCCC.C=CC=O. The van der Waals surface area contributed by atoms with Gasteiger partial charge in [0.2, 0.25) is 0 Å². The molecule has 0 saturated carbocycles. The zero-order chi connectivity index (χ0) is 20.3. The first-order valence-corrected chi connectivity index (χ1v) is 7.24. The maximum atomic E-state index is 11.1. The van der Waals surface area contributed by atoms with Crippen LogP contribution in [-0.2, 0) is 28.7 Å². The van der Waals surface area contributed by atoms with Crippen molar-refractivity contribution >= 4 is 24.2 Å². The third-order valence-corrected chi connectivity index (χ3v) is 2.05. The summed E-state index contributed by atoms with van der Waals surface area (Å²) in [5.41, 5.74) is 0.478. The molecule has 0 bridgehead atoms. The topological polar surface area (TPSA) is 107 Å². The maximum Gasteiger partial charge on any atom is 0.337 e. The molecule has 0 aromatic rings. The van der Waals surface area contributed by atoms with E-state index >= 15 is 0 Å². The van der Waals surface area contributed by atoms with Crippen molar-refractivity contribution in [2.24, 2.45) is 0 Å². The van der Waals surface area contributed by atoms with Crippen LogP contribution in [0, 0.1) is 0 Å². The van der Waals surface area contributed by atoms with Gasteiger partial charge in [0.15, 0.2) is 0 Å². The quantitative estimate of drug-likeness (QED) is 0.235. The van der Waals surface area contributed by atoms with Gasteiger partial charge in [0, 0.05) is 11.6 Å². The van der Waals surface area contributed by atoms with Crippen molar-refractivity contribution in [3.63, 3.8) is 0 Å². The Morgan fingerprint density at radius 3 is 1.92 bits per heavy atom. The van der Waals surface area contributed by atoms with Crippen molar-refractivity contribution in [3.05, 3.63) is 49.1 Å². The number of methoxy groups -OCH3 is 1. The minimum absolute atomic E-state index is 0.0449. The average Bonchev–Trinajstić information content (AvgIpc) is 2.59. The molecule has 0 aliphatic heterocycles. The molecule has 0 aliphatic carbocycles. The molecule has 0 aromatic carbocycles. The summed E-state index contributed by atoms with van der Waals surface area (Å²) in [5.74, 6) is -2.04. The van der Waals surface area contributed by atoms with Crippen LogP contribution in [0.15, 0.2) is 49.1 Å². The summed E-state index contributed by atoms with van der Waals surface area (Å²) < 4.78 is 9.07. The van der Waals surface area contributed by atoms with Crippen molar-refractivity contribution < 1.29 is 33.8 Å². The molecule has 0 atom stereocenters. The number of aliphatic carboxylic acids is 1. The lowest BCUT2D eigenvalue weighted by Gasteiger charge is -2.02. The van der Waals surface area contributed by atoms with Gasteiger partial charge in [-0.1, -0.05) is 33.1 Å². The zero-order valence-electron chi connectivity index (χ0n) is 14.9. The van der Waals surface area contributed by atoms with Crippen molar-refractivity contribution in [3.8, 4) is 0 Å². The maximum absolute atomic E-state index is 11.1. The molecule has 0 amide bonds. The smallest absolute Gasteiger partial charge is 0.337 e. The van der Waals surface area contributed by atoms with Crippen LogP contribution in [0.3, 0.4) is 0 Å². The molecule has 7 heteroatoms. The Morgan fingerprint density at radius 1 is 1.12 bits per heavy atom. The number of carboxylic acids is 1. The summed E-state index contributed by atoms with van der Waals surface area (Å²) in [6, 6.07) is 0. The largest absolute Gasteiger partial charge is 0.478 e. The molecule has 0 rings (SSSR count). The minimum atomic E-state index is -1.12. The molecule has 0 aromatic heterocycles. The molecule has 140 valence electrons. The molecule has 7 nitrogen and oxygen atoms in total. The number of carboxylic acid groups (broad SMARTS) is 1. The van der Waals surface area contributed by atoms with Crippen LogP contribution in [0.25, 0.3) is 0 Å². The van der Waals surface area contributed by atoms with Gasteiger partial charge in [-0.05, 0) is 25.5 Å². The summed E-state index contributed by atoms with van der Waals surface area (Å²) in [6.45, 7) is 13.8. The van der Waals surface area contributed by atoms with Gasteiger partial charge < -0.3 is 14.6 Å². The number of hydrogen-bond donors (Lipinski definition) is 1. The number of unbranched alkanes of at least 4 members (excludes halogenated alkanes) is 1. The molecule has 0 radical (unpaired) electrons. The Bertz CT molecular complexity index is 496. The van der Waals surface area contributed by atoms with Crippen molar-refractivity contribution in [1.29, 1.82) is 0 Å². The van der Waals surface area contributed by atoms with E-state index in [2.05, 4.69) is 24.5 Å². The van der Waals surface area contributed by atoms with E-state index in [1.165, 1.54) is 13.2 Å². The molecular formula is C18H26O7. The molecular weight excluding hydrogens is 328 g/mol. The second-order valence-corrected chi connectivity index (χ2v) is 4.33. The van der Waals surface area contributed by atoms with Gasteiger partial charge >= 0.3 is 17.9 Å². The van der Waals surface area contributed by atoms with Gasteiger partial charge in [-0.15, -0.1) is 0 Å². The number of carbonyl (C=O) groups is 4. The number of esters is 2. The second kappa shape index (κ2) is 19.1. The van der Waals surface area contributed by atoms with E-state index in [1.54, 1.807) is 6.92 Å². The Labute approximate surface area is 148 Å². The lowest BCUT2D eigenvalue weighted by molar-refractivity contribution is -0.138. The Kier molecular flexibility index (Phi) is 20.5. The summed E-state index contributed by atoms with van der Waals surface area (Å²) in [4.78, 5) is 40.4. The number of ether oxygens (including phenoxy) is 2. The molecule has 1 N–H and O–H groups in total. The number of rotatable bonds is 8. The summed E-state index contributed by atoms with van der Waals surface area (Å²) >= 11 is 0. The first-order chi connectivity index (χ1) is 11.7. The van der Waals surface area contributed by atoms with Crippen molar-refractivity contribution in [1.82, 2.24) is 0 Å². The standard InChI is InChI=1S/C10H14O4.C5H8O2.C3H4O/c1-3-4-7-14-10(13)8(2)5-6-9(11)12;1-4(2)5(6)7-3;1-2-3-4/h5-6H,2-4,7H2,1H3,(H,11,12);1H2,2-3H3;2-3H,1H2. The fourth-order valence-corrected chi connectivity index (χ4v) is 0.816. The van der Waals surface area contributed by atoms with Gasteiger partial charge in [0.1, 0.15) is 6.29 Å². The molecule has 25 heavy (non-hydrogen) atoms. The van der Waals surface area contributed by atoms with Crippen LogP contribution in [0.1, 0.15) is 26.7 Å². The van der Waals surface area contributed by atoms with Gasteiger partial charge in [-0.25, -0.2) is 14.4 Å². The predicted molar refractivity (Wildman–Crippen MR) is 94.9 cm³/mol. The third-order valence-electron chi connectivity index (χ3n) is 2.05. The zero-order valence-corrected chi connectivity index (χ0v) is 14.9. The highest BCUT2D eigenvalue weighted by Gasteiger charge is 2.04. The fraction of sp³-hybridized carbons (Fsp3) is 0.333. The molecule has 0 aliphatic rings. The first-order valence-electron chi connectivity index (χ1n) is 7.24. The average molecular weight is 354 g/mol. The van der Waals surface area contributed by atoms with Crippen molar-refractivity contribution in [2.45, 2.75) is 26.7 Å². The number of hydrogen-bond acceptors (Lipinski definition) is 6. The summed E-state index contributed by atoms with van der Waals surface area (Å²) in [6.07, 6.45) is 5.53. The van der Waals surface area contributed by atoms with Gasteiger partial charge in [0.25, 0.3) is 0 Å². The molecule has 0 unspecified atom stereocenters.